The third kappa shape index (κ3) is 5.94. The van der Waals surface area contributed by atoms with Gasteiger partial charge in [-0.05, 0) is 11.0 Å². The summed E-state index contributed by atoms with van der Waals surface area (Å²) >= 11 is 0. The molecule has 7 N–H and O–H groups in total. The molecule has 0 aromatic heterocycles. The Bertz CT molecular complexity index is 755. The van der Waals surface area contributed by atoms with Crippen molar-refractivity contribution in [3.8, 4) is 0 Å². The van der Waals surface area contributed by atoms with Crippen LogP contribution in [0, 0.1) is 5.41 Å². The van der Waals surface area contributed by atoms with Gasteiger partial charge in [0.25, 0.3) is 0 Å². The van der Waals surface area contributed by atoms with Gasteiger partial charge in [0.15, 0.2) is 12.6 Å². The molecule has 0 radical (unpaired) electrons. The molecule has 11 atom stereocenters. The molecule has 1 aromatic carbocycles. The van der Waals surface area contributed by atoms with Crippen LogP contribution in [-0.2, 0) is 18.9 Å². The number of hydrogen-bond donors (Lipinski definition) is 7. The molecule has 0 saturated carbocycles. The van der Waals surface area contributed by atoms with Crippen LogP contribution in [0.25, 0.3) is 0 Å². The summed E-state index contributed by atoms with van der Waals surface area (Å²) in [5.74, 6) is 0. The molecule has 1 unspecified atom stereocenters. The van der Waals surface area contributed by atoms with Crippen LogP contribution < -0.4 is 0 Å². The van der Waals surface area contributed by atoms with Crippen LogP contribution in [0.5, 0.6) is 0 Å². The van der Waals surface area contributed by atoms with Gasteiger partial charge in [-0.1, -0.05) is 51.1 Å². The number of aliphatic hydroxyl groups is 7. The Kier molecular flexibility index (Phi) is 9.04. The van der Waals surface area contributed by atoms with E-state index in [1.54, 1.807) is 0 Å². The molecular weight excluding hydrogens is 452 g/mol. The van der Waals surface area contributed by atoms with E-state index in [1.165, 1.54) is 0 Å². The minimum absolute atomic E-state index is 0.409. The first-order valence-corrected chi connectivity index (χ1v) is 11.3. The predicted octanol–water partition coefficient (Wildman–Crippen LogP) is -1.59. The highest BCUT2D eigenvalue weighted by atomic mass is 16.7. The van der Waals surface area contributed by atoms with Crippen LogP contribution >= 0.6 is 0 Å². The maximum absolute atomic E-state index is 10.5. The van der Waals surface area contributed by atoms with E-state index in [4.69, 9.17) is 18.9 Å². The lowest BCUT2D eigenvalue weighted by Gasteiger charge is -2.44. The Balaban J connectivity index is 1.71. The molecule has 2 aliphatic heterocycles. The lowest BCUT2D eigenvalue weighted by Crippen LogP contribution is -2.62. The lowest BCUT2D eigenvalue weighted by atomic mass is 9.84. The van der Waals surface area contributed by atoms with Crippen molar-refractivity contribution in [3.05, 3.63) is 35.9 Å². The molecule has 11 nitrogen and oxygen atoms in total. The molecule has 2 fully saturated rings. The third-order valence-electron chi connectivity index (χ3n) is 6.10. The Morgan fingerprint density at radius 1 is 0.765 bits per heavy atom. The first-order valence-electron chi connectivity index (χ1n) is 11.3. The number of aliphatic hydroxyl groups excluding tert-OH is 7. The van der Waals surface area contributed by atoms with E-state index in [1.807, 2.05) is 51.1 Å². The molecule has 0 amide bonds. The Labute approximate surface area is 198 Å². The molecule has 0 spiro atoms. The quantitative estimate of drug-likeness (QED) is 0.235. The van der Waals surface area contributed by atoms with Gasteiger partial charge in [-0.2, -0.15) is 0 Å². The number of hydrogen-bond acceptors (Lipinski definition) is 11. The fourth-order valence-corrected chi connectivity index (χ4v) is 4.11. The van der Waals surface area contributed by atoms with Gasteiger partial charge < -0.3 is 54.7 Å². The molecule has 3 rings (SSSR count). The average Bonchev–Trinajstić information content (AvgIpc) is 2.80. The number of ether oxygens (including phenoxy) is 4. The van der Waals surface area contributed by atoms with E-state index in [-0.39, 0.29) is 0 Å². The standard InChI is InChI=1S/C23H36O11/c1-23(2,3)20(11-7-5-4-6-8-11)34-22-19(30)17(28)15(26)13(33-22)10-31-21-18(29)16(27)14(25)12(9-24)32-21/h4-8,12-22,24-30H,9-10H2,1-3H3/t12-,13-,14+,15+,16-,17-,18-,19-,20?,21+,22-/m0/s1. The summed E-state index contributed by atoms with van der Waals surface area (Å²) in [5.41, 5.74) is 0.425. The van der Waals surface area contributed by atoms with Gasteiger partial charge in [-0.3, -0.25) is 0 Å². The Morgan fingerprint density at radius 3 is 1.85 bits per heavy atom. The molecule has 2 aliphatic rings. The monoisotopic (exact) mass is 488 g/mol. The van der Waals surface area contributed by atoms with Crippen molar-refractivity contribution in [1.82, 2.24) is 0 Å². The molecule has 11 heteroatoms. The van der Waals surface area contributed by atoms with Crippen LogP contribution in [0.3, 0.4) is 0 Å². The zero-order chi connectivity index (χ0) is 25.2. The van der Waals surface area contributed by atoms with E-state index in [2.05, 4.69) is 0 Å². The normalized spacial score (nSPS) is 40.2. The maximum Gasteiger partial charge on any atom is 0.187 e. The SMILES string of the molecule is CC(C)(C)C(O[C@@H]1O[C@@H](CO[C@@H]2O[C@@H](CO)[C@@H](O)[C@H](O)[C@@H]2O)[C@@H](O)[C@H](O)[C@@H]1O)c1ccccc1. The van der Waals surface area contributed by atoms with Crippen molar-refractivity contribution in [1.29, 1.82) is 0 Å². The highest BCUT2D eigenvalue weighted by molar-refractivity contribution is 5.19. The van der Waals surface area contributed by atoms with E-state index in [0.29, 0.717) is 0 Å². The molecule has 2 heterocycles. The summed E-state index contributed by atoms with van der Waals surface area (Å²) in [5, 5.41) is 70.6. The van der Waals surface area contributed by atoms with Crippen LogP contribution in [0.2, 0.25) is 0 Å². The van der Waals surface area contributed by atoms with Gasteiger partial charge in [-0.25, -0.2) is 0 Å². The van der Waals surface area contributed by atoms with Gasteiger partial charge in [0.2, 0.25) is 0 Å². The molecule has 1 aromatic rings. The van der Waals surface area contributed by atoms with Crippen LogP contribution in [-0.4, -0.2) is 110 Å². The van der Waals surface area contributed by atoms with Crippen molar-refractivity contribution in [2.75, 3.05) is 13.2 Å². The van der Waals surface area contributed by atoms with Gasteiger partial charge in [0, 0.05) is 0 Å². The first kappa shape index (κ1) is 27.4. The molecule has 194 valence electrons. The topological polar surface area (TPSA) is 179 Å². The Morgan fingerprint density at radius 2 is 1.29 bits per heavy atom. The fraction of sp³-hybridized carbons (Fsp3) is 0.739. The van der Waals surface area contributed by atoms with Crippen molar-refractivity contribution < 1.29 is 54.7 Å². The minimum Gasteiger partial charge on any atom is -0.394 e. The van der Waals surface area contributed by atoms with Gasteiger partial charge in [0.05, 0.1) is 19.3 Å². The molecule has 34 heavy (non-hydrogen) atoms. The largest absolute Gasteiger partial charge is 0.394 e. The number of rotatable bonds is 7. The van der Waals surface area contributed by atoms with E-state index in [0.717, 1.165) is 5.56 Å². The smallest absolute Gasteiger partial charge is 0.187 e. The van der Waals surface area contributed by atoms with Crippen LogP contribution in [0.1, 0.15) is 32.4 Å². The zero-order valence-electron chi connectivity index (χ0n) is 19.4. The fourth-order valence-electron chi connectivity index (χ4n) is 4.11. The van der Waals surface area contributed by atoms with E-state index >= 15 is 0 Å². The van der Waals surface area contributed by atoms with Gasteiger partial charge in [-0.15, -0.1) is 0 Å². The first-order chi connectivity index (χ1) is 16.0. The average molecular weight is 489 g/mol. The lowest BCUT2D eigenvalue weighted by molar-refractivity contribution is -0.340. The van der Waals surface area contributed by atoms with Crippen LogP contribution in [0.4, 0.5) is 0 Å². The van der Waals surface area contributed by atoms with Gasteiger partial charge in [0.1, 0.15) is 48.8 Å². The number of benzene rings is 1. The highest BCUT2D eigenvalue weighted by Gasteiger charge is 2.48. The highest BCUT2D eigenvalue weighted by Crippen LogP contribution is 2.39. The summed E-state index contributed by atoms with van der Waals surface area (Å²) in [4.78, 5) is 0. The second kappa shape index (κ2) is 11.2. The molecule has 2 saturated heterocycles. The summed E-state index contributed by atoms with van der Waals surface area (Å²) in [6.45, 7) is 4.81. The second-order valence-corrected chi connectivity index (χ2v) is 9.84. The summed E-state index contributed by atoms with van der Waals surface area (Å²) in [6.07, 6.45) is -15.2. The van der Waals surface area contributed by atoms with Crippen molar-refractivity contribution >= 4 is 0 Å². The molecule has 0 bridgehead atoms. The zero-order valence-corrected chi connectivity index (χ0v) is 19.4. The van der Waals surface area contributed by atoms with E-state index < -0.39 is 86.1 Å². The summed E-state index contributed by atoms with van der Waals surface area (Å²) < 4.78 is 22.6. The maximum atomic E-state index is 10.5. The van der Waals surface area contributed by atoms with Crippen LogP contribution in [0.15, 0.2) is 30.3 Å². The van der Waals surface area contributed by atoms with Crippen molar-refractivity contribution in [3.63, 3.8) is 0 Å². The van der Waals surface area contributed by atoms with Crippen molar-refractivity contribution in [2.24, 2.45) is 5.41 Å². The summed E-state index contributed by atoms with van der Waals surface area (Å²) in [7, 11) is 0. The predicted molar refractivity (Wildman–Crippen MR) is 116 cm³/mol. The molecule has 0 aliphatic carbocycles. The minimum atomic E-state index is -1.63. The molecular formula is C23H36O11. The Hall–Kier alpha value is -1.22. The summed E-state index contributed by atoms with van der Waals surface area (Å²) in [6, 6.07) is 9.31. The third-order valence-corrected chi connectivity index (χ3v) is 6.10. The van der Waals surface area contributed by atoms with Gasteiger partial charge >= 0.3 is 0 Å². The van der Waals surface area contributed by atoms with E-state index in [9.17, 15) is 35.7 Å². The second-order valence-electron chi connectivity index (χ2n) is 9.84. The van der Waals surface area contributed by atoms with Crippen molar-refractivity contribution in [2.45, 2.75) is 88.3 Å².